The third-order valence-electron chi connectivity index (χ3n) is 14.6. The van der Waals surface area contributed by atoms with Gasteiger partial charge in [-0.15, -0.1) is 46.0 Å². The normalized spacial score (nSPS) is 16.2. The number of esters is 2. The molecule has 0 heterocycles. The molecule has 0 radical (unpaired) electrons. The van der Waals surface area contributed by atoms with Crippen LogP contribution >= 0.6 is 83.7 Å². The molecule has 0 aromatic carbocycles. The predicted molar refractivity (Wildman–Crippen MR) is 503 cm³/mol. The van der Waals surface area contributed by atoms with E-state index in [4.69, 9.17) is 61.4 Å². The number of allylic oxidation sites excluding steroid dienone is 7. The van der Waals surface area contributed by atoms with Crippen LogP contribution < -0.4 is 113 Å². The van der Waals surface area contributed by atoms with Gasteiger partial charge in [-0.25, -0.2) is 4.79 Å². The van der Waals surface area contributed by atoms with Gasteiger partial charge in [0.05, 0.1) is 40.3 Å². The van der Waals surface area contributed by atoms with Crippen molar-refractivity contribution < 1.29 is 235 Å². The van der Waals surface area contributed by atoms with Crippen molar-refractivity contribution in [2.75, 3.05) is 45.7 Å². The van der Waals surface area contributed by atoms with Gasteiger partial charge in [-0.2, -0.15) is 4.79 Å². The number of nitrogens with zero attached hydrogens (tertiary/aromatic N) is 3. The Labute approximate surface area is 876 Å². The van der Waals surface area contributed by atoms with E-state index in [9.17, 15) is 58.2 Å². The maximum atomic E-state index is 12.2. The number of hydrogen-bond donors (Lipinski definition) is 1. The maximum absolute atomic E-state index is 12.2. The van der Waals surface area contributed by atoms with Crippen LogP contribution in [0.25, 0.3) is 5.53 Å². The first kappa shape index (κ1) is 84.7. The van der Waals surface area contributed by atoms with Crippen molar-refractivity contribution >= 4 is 174 Å². The number of carbonyl (C=O) groups is 10. The van der Waals surface area contributed by atoms with Gasteiger partial charge in [0.15, 0.2) is 25.0 Å². The number of aliphatic hydroxyl groups is 1. The van der Waals surface area contributed by atoms with E-state index >= 15 is 0 Å². The van der Waals surface area contributed by atoms with Gasteiger partial charge < -0.3 is 67.7 Å². The molecule has 0 aromatic rings. The maximum Gasteiger partial charge on any atom is 1.00 e. The van der Waals surface area contributed by atoms with Crippen molar-refractivity contribution in [3.8, 4) is 0 Å². The SMILES string of the molecule is C=CCCC(=O)CC(=O)OCC.C=CCC[C@@H](CC=O)O[Si](C)(C)C(C)(C)C.C=CCC[C@H](CC(=O)C(=[N+]=[N-])C(=O)OC)O[Si](C)(C)C(C)(C)C.CCN(CC)CC.[2H]C(C)(C)I.[2H]C([2H])(C=O)[C@H](CCC=C)O[Si](C)(C)C(C)(C)C.[2H]C([2H])(CC=C)C(=O)C([2H])([2H])C(=O)[O-].[2H]C([2H])([2H])C(I)C([2H])([2H])[2H].[2H]C([2H])([2H])C([2H])(I)C([2H])([2H])[2H].[2H]C([2H])=C([2H])C([2H])([2H])Br.[2H]C([2H])=C([2H])C([2H])([2H])CC(=O)CC(=O)[O-].[2H]OC.[K+].[K+]. The topological polar surface area (TPSA) is 323 Å². The second-order valence-corrected chi connectivity index (χ2v) is 46.1. The van der Waals surface area contributed by atoms with Gasteiger partial charge in [-0.1, -0.05) is 251 Å². The summed E-state index contributed by atoms with van der Waals surface area (Å²) < 4.78 is 236. The summed E-state index contributed by atoms with van der Waals surface area (Å²) in [6.07, 6.45) is 1.50. The minimum Gasteiger partial charge on any atom is -0.550 e. The number of aldehydes is 2. The van der Waals surface area contributed by atoms with E-state index in [-0.39, 0.29) is 153 Å². The molecule has 0 amide bonds. The number of rotatable bonds is 43. The molecule has 0 aliphatic rings. The quantitative estimate of drug-likeness (QED) is 0.00566. The van der Waals surface area contributed by atoms with Crippen molar-refractivity contribution in [1.29, 1.82) is 1.43 Å². The molecule has 0 aliphatic carbocycles. The first-order valence-corrected chi connectivity index (χ1v) is 48.1. The van der Waals surface area contributed by atoms with Crippen LogP contribution in [0, 0.1) is 0 Å². The second kappa shape index (κ2) is 95.1. The van der Waals surface area contributed by atoms with Crippen molar-refractivity contribution in [2.24, 2.45) is 0 Å². The summed E-state index contributed by atoms with van der Waals surface area (Å²) in [6, 6.07) is -1.61. The molecule has 0 spiro atoms. The summed E-state index contributed by atoms with van der Waals surface area (Å²) in [4.78, 5) is 114. The summed E-state index contributed by atoms with van der Waals surface area (Å²) in [5.41, 5.74) is 8.26. The minimum absolute atomic E-state index is 0. The zero-order valence-electron chi connectivity index (χ0n) is 104. The molecule has 0 aromatic heterocycles. The minimum atomic E-state index is -3.31. The number of ketones is 4. The Kier molecular flexibility index (Phi) is 70.6. The summed E-state index contributed by atoms with van der Waals surface area (Å²) in [5.74, 6) is -8.53. The Morgan fingerprint density at radius 2 is 1.04 bits per heavy atom. The molecule has 658 valence electrons. The molecule has 0 fully saturated rings. The van der Waals surface area contributed by atoms with E-state index < -0.39 is 188 Å². The molecule has 0 rings (SSSR count). The standard InChI is InChI=1S/C16H28N2O4Si.2C13H26O2Si.C9H14O3.2C7H10O3.C6H15N.C3H5Br.3C3H7I.CH4O.2K/c1-8-9-10-12(22-23(6,7)16(2,3)4)11-13(19)14(18-17)15(20)21-5;2*1-7-8-9-12(10-11-14)15-16(5,6)13(2,3)4;1-3-5-6-8(10)7-9(11)12-4-2;2*1-2-3-4-6(8)5-7(9)10;1-4-7(5-2)6-3;1-2-3-4;3*1-3(2)4;1-2;;/h8,12H,1,9-11H2,2-7H3;2*7,11-12H,1,8-10H2,2-6H3;3H,1,4-7H2,2H3;2*2H,1,3-5H2,(H,9,10);4-6H2,1-3H3;2H,1,3H2;3*3H,1-2H3;2H,1H3;;/q;;;;;;;;;;;;2*+1/p-2/t3*12-;;;;;;;;;;;/m100.........../s1/i;10D2;;;1D2,2D,3D2;4D2,5D2;;1D2,2D,3D2;1D3,2D3,3D;1D3,2D3;3D;2D;;. The molecule has 0 bridgehead atoms. The smallest absolute Gasteiger partial charge is 0.550 e. The van der Waals surface area contributed by atoms with Gasteiger partial charge in [0.2, 0.25) is 1.43 Å². The molecular formula is C84H157BrI3K2N3O18Si3. The zero-order valence-corrected chi connectivity index (χ0v) is 90.1. The van der Waals surface area contributed by atoms with Crippen molar-refractivity contribution in [1.82, 2.24) is 4.90 Å². The van der Waals surface area contributed by atoms with Gasteiger partial charge in [0.1, 0.15) is 36.3 Å². The monoisotopic (exact) mass is 2150 g/mol. The Balaban J connectivity index is -0.000000110. The van der Waals surface area contributed by atoms with Crippen LogP contribution in [0.5, 0.6) is 0 Å². The predicted octanol–water partition coefficient (Wildman–Crippen LogP) is 13.8. The number of Topliss-reactive ketones (excluding diaryl/α,β-unsaturated/α-hetero) is 4. The van der Waals surface area contributed by atoms with E-state index in [1.165, 1.54) is 49.3 Å². The van der Waals surface area contributed by atoms with E-state index in [2.05, 4.69) is 195 Å². The Morgan fingerprint density at radius 3 is 1.32 bits per heavy atom. The van der Waals surface area contributed by atoms with Crippen LogP contribution in [0.1, 0.15) is 288 Å². The first-order chi connectivity index (χ1) is 63.5. The fraction of sp³-hybridized carbons (Fsp3) is 0.702. The fourth-order valence-electron chi connectivity index (χ4n) is 6.06. The zero-order chi connectivity index (χ0) is 118. The van der Waals surface area contributed by atoms with Gasteiger partial charge in [0, 0.05) is 120 Å². The number of methoxy groups -OCH3 is 1. The molecule has 114 heavy (non-hydrogen) atoms. The van der Waals surface area contributed by atoms with E-state index in [0.717, 1.165) is 54.9 Å². The third-order valence-corrected chi connectivity index (χ3v) is 28.3. The van der Waals surface area contributed by atoms with Crippen LogP contribution in [0.3, 0.4) is 0 Å². The van der Waals surface area contributed by atoms with Gasteiger partial charge in [-0.3, -0.25) is 24.0 Å². The van der Waals surface area contributed by atoms with Gasteiger partial charge in [0.25, 0.3) is 5.78 Å². The van der Waals surface area contributed by atoms with Crippen LogP contribution in [0.2, 0.25) is 54.4 Å². The molecule has 0 aliphatic heterocycles. The summed E-state index contributed by atoms with van der Waals surface area (Å²) in [5, 5.41) is 21.9. The number of hydrogen-bond acceptors (Lipinski definition) is 19. The number of carboxylic acid groups (broad SMARTS) is 2. The van der Waals surface area contributed by atoms with Crippen molar-refractivity contribution in [2.45, 2.75) is 331 Å². The van der Waals surface area contributed by atoms with Crippen LogP contribution in [-0.2, 0) is 70.7 Å². The number of carboxylic acids is 2. The number of aliphatic carboxylic acids is 2. The Morgan fingerprint density at radius 1 is 0.640 bits per heavy atom. The third kappa shape index (κ3) is 114. The summed E-state index contributed by atoms with van der Waals surface area (Å²) in [7, 11) is -3.48. The van der Waals surface area contributed by atoms with Crippen LogP contribution in [0.15, 0.2) is 88.4 Å². The van der Waals surface area contributed by atoms with Gasteiger partial charge >= 0.3 is 120 Å². The van der Waals surface area contributed by atoms with E-state index in [1.807, 2.05) is 42.5 Å². The molecule has 0 saturated heterocycles. The molecule has 21 nitrogen and oxygen atoms in total. The summed E-state index contributed by atoms with van der Waals surface area (Å²) in [6.45, 7) is 53.4. The number of carbonyl (C=O) groups excluding carboxylic acids is 10. The molecule has 3 atom stereocenters. The number of alkyl halides is 4. The van der Waals surface area contributed by atoms with Crippen molar-refractivity contribution in [3.63, 3.8) is 0 Å². The molecule has 0 unspecified atom stereocenters. The van der Waals surface area contributed by atoms with E-state index in [1.54, 1.807) is 25.2 Å². The second-order valence-electron chi connectivity index (χ2n) is 26.9. The fourth-order valence-corrected chi connectivity index (χ4v) is 10.1. The largest absolute Gasteiger partial charge is 1.00 e. The number of halogens is 4. The molecular weight excluding hydrogens is 1960 g/mol. The molecule has 0 saturated carbocycles. The molecule has 30 heteroatoms. The van der Waals surface area contributed by atoms with E-state index in [0.29, 0.717) is 57.8 Å². The first-order valence-electron chi connectivity index (χ1n) is 50.6. The number of ether oxygens (including phenoxy) is 2. The Hall–Kier alpha value is -0.147. The van der Waals surface area contributed by atoms with Gasteiger partial charge in [-0.05, 0) is 139 Å². The van der Waals surface area contributed by atoms with Crippen LogP contribution in [-0.4, -0.2) is 182 Å². The van der Waals surface area contributed by atoms with Crippen LogP contribution in [0.4, 0.5) is 0 Å². The average Bonchev–Trinajstić information content (AvgIpc) is 0.782. The average molecular weight is 2150 g/mol. The Bertz CT molecular complexity index is 3870. The molecule has 1 N–H and O–H groups in total. The number of aliphatic hydroxyl groups excluding tert-OH is 1. The summed E-state index contributed by atoms with van der Waals surface area (Å²) >= 11 is 7.10. The van der Waals surface area contributed by atoms with Crippen molar-refractivity contribution in [3.05, 3.63) is 94.0 Å².